The first kappa shape index (κ1) is 15.0. The first-order valence-electron chi connectivity index (χ1n) is 7.47. The van der Waals surface area contributed by atoms with Crippen LogP contribution in [-0.2, 0) is 11.3 Å². The topological polar surface area (TPSA) is 44.4 Å². The van der Waals surface area contributed by atoms with Crippen molar-refractivity contribution in [3.8, 4) is 0 Å². The van der Waals surface area contributed by atoms with Crippen LogP contribution in [0.25, 0.3) is 0 Å². The lowest BCUT2D eigenvalue weighted by atomic mass is 10.1. The number of carbonyl (C=O) groups excluding carboxylic acids is 1. The molecule has 2 N–H and O–H groups in total. The summed E-state index contributed by atoms with van der Waals surface area (Å²) >= 11 is 0. The molecule has 0 spiro atoms. The number of hydrogen-bond acceptors (Lipinski definition) is 3. The molecular formula is C16H25N3O. The lowest BCUT2D eigenvalue weighted by molar-refractivity contribution is -0.114. The number of benzene rings is 1. The zero-order valence-corrected chi connectivity index (χ0v) is 12.5. The Kier molecular flexibility index (Phi) is 5.56. The van der Waals surface area contributed by atoms with Crippen molar-refractivity contribution in [3.63, 3.8) is 0 Å². The molecule has 0 radical (unpaired) electrons. The average Bonchev–Trinajstić information content (AvgIpc) is 2.88. The van der Waals surface area contributed by atoms with Crippen LogP contribution in [0.5, 0.6) is 0 Å². The Balaban J connectivity index is 1.81. The minimum atomic E-state index is -0.0215. The number of anilines is 1. The summed E-state index contributed by atoms with van der Waals surface area (Å²) in [5.41, 5.74) is 2.06. The molecule has 0 aliphatic carbocycles. The summed E-state index contributed by atoms with van der Waals surface area (Å²) in [6.45, 7) is 9.20. The second kappa shape index (κ2) is 7.41. The summed E-state index contributed by atoms with van der Waals surface area (Å²) in [6, 6.07) is 7.97. The number of amides is 1. The molecule has 1 amide bonds. The number of para-hydroxylation sites is 1. The number of hydrogen-bond donors (Lipinski definition) is 2. The largest absolute Gasteiger partial charge is 0.326 e. The summed E-state index contributed by atoms with van der Waals surface area (Å²) in [5, 5.41) is 6.40. The van der Waals surface area contributed by atoms with E-state index in [9.17, 15) is 4.79 Å². The Hall–Kier alpha value is -1.39. The molecule has 1 aliphatic rings. The number of rotatable bonds is 6. The second-order valence-corrected chi connectivity index (χ2v) is 5.52. The molecule has 2 rings (SSSR count). The van der Waals surface area contributed by atoms with Crippen molar-refractivity contribution in [2.75, 3.05) is 31.5 Å². The van der Waals surface area contributed by atoms with Gasteiger partial charge >= 0.3 is 0 Å². The van der Waals surface area contributed by atoms with E-state index >= 15 is 0 Å². The van der Waals surface area contributed by atoms with E-state index in [0.717, 1.165) is 36.8 Å². The summed E-state index contributed by atoms with van der Waals surface area (Å²) in [6.07, 6.45) is 1.29. The number of likely N-dealkylation sites (tertiary alicyclic amines) is 1. The fraction of sp³-hybridized carbons (Fsp3) is 0.562. The van der Waals surface area contributed by atoms with Crippen molar-refractivity contribution < 1.29 is 4.79 Å². The van der Waals surface area contributed by atoms with Gasteiger partial charge in [0.15, 0.2) is 0 Å². The molecular weight excluding hydrogens is 250 g/mol. The lowest BCUT2D eigenvalue weighted by Gasteiger charge is -2.15. The van der Waals surface area contributed by atoms with Gasteiger partial charge in [0.25, 0.3) is 0 Å². The third-order valence-corrected chi connectivity index (χ3v) is 3.89. The van der Waals surface area contributed by atoms with Gasteiger partial charge in [-0.05, 0) is 43.6 Å². The molecule has 20 heavy (non-hydrogen) atoms. The lowest BCUT2D eigenvalue weighted by Crippen LogP contribution is -2.26. The second-order valence-electron chi connectivity index (χ2n) is 5.52. The third-order valence-electron chi connectivity index (χ3n) is 3.89. The van der Waals surface area contributed by atoms with E-state index in [0.29, 0.717) is 0 Å². The average molecular weight is 275 g/mol. The molecule has 1 saturated heterocycles. The normalized spacial score (nSPS) is 19.2. The van der Waals surface area contributed by atoms with Crippen LogP contribution in [0.1, 0.15) is 25.8 Å². The van der Waals surface area contributed by atoms with Crippen molar-refractivity contribution in [1.82, 2.24) is 10.2 Å². The van der Waals surface area contributed by atoms with E-state index in [1.54, 1.807) is 6.92 Å². The fourth-order valence-electron chi connectivity index (χ4n) is 2.76. The minimum absolute atomic E-state index is 0.0215. The maximum atomic E-state index is 11.2. The highest BCUT2D eigenvalue weighted by molar-refractivity contribution is 5.89. The van der Waals surface area contributed by atoms with Gasteiger partial charge in [-0.3, -0.25) is 4.79 Å². The van der Waals surface area contributed by atoms with Crippen molar-refractivity contribution in [2.24, 2.45) is 5.92 Å². The van der Waals surface area contributed by atoms with E-state index in [4.69, 9.17) is 0 Å². The molecule has 1 aliphatic heterocycles. The predicted molar refractivity (Wildman–Crippen MR) is 82.7 cm³/mol. The highest BCUT2D eigenvalue weighted by Gasteiger charge is 2.20. The predicted octanol–water partition coefficient (Wildman–Crippen LogP) is 2.08. The number of nitrogens with one attached hydrogen (secondary N) is 2. The Bertz CT molecular complexity index is 447. The monoisotopic (exact) mass is 275 g/mol. The van der Waals surface area contributed by atoms with Gasteiger partial charge in [-0.25, -0.2) is 0 Å². The van der Waals surface area contributed by atoms with Gasteiger partial charge < -0.3 is 15.5 Å². The van der Waals surface area contributed by atoms with Gasteiger partial charge in [0.05, 0.1) is 0 Å². The third kappa shape index (κ3) is 4.32. The molecule has 4 heteroatoms. The first-order valence-corrected chi connectivity index (χ1v) is 7.47. The van der Waals surface area contributed by atoms with Crippen LogP contribution in [0.4, 0.5) is 5.69 Å². The van der Waals surface area contributed by atoms with Crippen molar-refractivity contribution >= 4 is 11.6 Å². The molecule has 1 unspecified atom stereocenters. The van der Waals surface area contributed by atoms with Crippen LogP contribution in [0.3, 0.4) is 0 Å². The van der Waals surface area contributed by atoms with Gasteiger partial charge in [0.2, 0.25) is 5.91 Å². The van der Waals surface area contributed by atoms with E-state index < -0.39 is 0 Å². The Morgan fingerprint density at radius 2 is 2.20 bits per heavy atom. The summed E-state index contributed by atoms with van der Waals surface area (Å²) < 4.78 is 0. The van der Waals surface area contributed by atoms with Crippen molar-refractivity contribution in [2.45, 2.75) is 26.8 Å². The number of nitrogens with zero attached hydrogens (tertiary/aromatic N) is 1. The molecule has 1 atom stereocenters. The van der Waals surface area contributed by atoms with Gasteiger partial charge in [-0.1, -0.05) is 25.1 Å². The van der Waals surface area contributed by atoms with Crippen LogP contribution in [0.15, 0.2) is 24.3 Å². The van der Waals surface area contributed by atoms with Crippen LogP contribution in [0.2, 0.25) is 0 Å². The molecule has 0 saturated carbocycles. The molecule has 0 bridgehead atoms. The molecule has 4 nitrogen and oxygen atoms in total. The van der Waals surface area contributed by atoms with E-state index in [1.165, 1.54) is 19.5 Å². The van der Waals surface area contributed by atoms with Crippen LogP contribution >= 0.6 is 0 Å². The Morgan fingerprint density at radius 3 is 2.90 bits per heavy atom. The quantitative estimate of drug-likeness (QED) is 0.835. The minimum Gasteiger partial charge on any atom is -0.326 e. The molecule has 1 fully saturated rings. The molecule has 1 aromatic rings. The summed E-state index contributed by atoms with van der Waals surface area (Å²) in [7, 11) is 0. The van der Waals surface area contributed by atoms with Crippen molar-refractivity contribution in [3.05, 3.63) is 29.8 Å². The zero-order chi connectivity index (χ0) is 14.4. The highest BCUT2D eigenvalue weighted by Crippen LogP contribution is 2.17. The van der Waals surface area contributed by atoms with Gasteiger partial charge in [0.1, 0.15) is 0 Å². The van der Waals surface area contributed by atoms with E-state index in [1.807, 2.05) is 18.2 Å². The highest BCUT2D eigenvalue weighted by atomic mass is 16.1. The zero-order valence-electron chi connectivity index (χ0n) is 12.5. The van der Waals surface area contributed by atoms with Crippen LogP contribution < -0.4 is 10.6 Å². The standard InChI is InChI=1S/C16H25N3O/c1-3-19-9-8-14(12-19)10-17-11-15-6-4-5-7-16(15)18-13(2)20/h4-7,14,17H,3,8-12H2,1-2H3,(H,18,20). The van der Waals surface area contributed by atoms with Crippen LogP contribution in [-0.4, -0.2) is 37.0 Å². The summed E-state index contributed by atoms with van der Waals surface area (Å²) in [5.74, 6) is 0.731. The first-order chi connectivity index (χ1) is 9.69. The smallest absolute Gasteiger partial charge is 0.221 e. The SMILES string of the molecule is CCN1CCC(CNCc2ccccc2NC(C)=O)C1. The van der Waals surface area contributed by atoms with Gasteiger partial charge in [-0.2, -0.15) is 0 Å². The Labute approximate surface area is 121 Å². The molecule has 110 valence electrons. The van der Waals surface area contributed by atoms with Crippen LogP contribution in [0, 0.1) is 5.92 Å². The molecule has 0 aromatic heterocycles. The van der Waals surface area contributed by atoms with Gasteiger partial charge in [0, 0.05) is 25.7 Å². The fourth-order valence-corrected chi connectivity index (χ4v) is 2.76. The maximum absolute atomic E-state index is 11.2. The molecule has 1 heterocycles. The van der Waals surface area contributed by atoms with Crippen molar-refractivity contribution in [1.29, 1.82) is 0 Å². The van der Waals surface area contributed by atoms with Gasteiger partial charge in [-0.15, -0.1) is 0 Å². The maximum Gasteiger partial charge on any atom is 0.221 e. The molecule has 1 aromatic carbocycles. The summed E-state index contributed by atoms with van der Waals surface area (Å²) in [4.78, 5) is 13.7. The van der Waals surface area contributed by atoms with E-state index in [-0.39, 0.29) is 5.91 Å². The number of carbonyl (C=O) groups is 1. The Morgan fingerprint density at radius 1 is 1.40 bits per heavy atom. The van der Waals surface area contributed by atoms with E-state index in [2.05, 4.69) is 28.5 Å².